The zero-order chi connectivity index (χ0) is 15.0. The van der Waals surface area contributed by atoms with Gasteiger partial charge in [-0.25, -0.2) is 4.79 Å². The molecule has 2 saturated heterocycles. The van der Waals surface area contributed by atoms with Crippen molar-refractivity contribution >= 4 is 12.1 Å². The highest BCUT2D eigenvalue weighted by atomic mass is 16.6. The monoisotopic (exact) mass is 293 g/mol. The highest BCUT2D eigenvalue weighted by Gasteiger charge is 2.75. The zero-order valence-electron chi connectivity index (χ0n) is 12.9. The third kappa shape index (κ3) is 1.58. The molecule has 0 bridgehead atoms. The minimum atomic E-state index is -0.511. The van der Waals surface area contributed by atoms with Crippen molar-refractivity contribution in [1.82, 2.24) is 4.90 Å². The first-order valence-electron chi connectivity index (χ1n) is 8.03. The molecule has 0 radical (unpaired) electrons. The fourth-order valence-electron chi connectivity index (χ4n) is 5.20. The first-order valence-corrected chi connectivity index (χ1v) is 8.03. The Labute approximate surface area is 125 Å². The van der Waals surface area contributed by atoms with Gasteiger partial charge in [0.2, 0.25) is 0 Å². The van der Waals surface area contributed by atoms with Crippen LogP contribution >= 0.6 is 0 Å². The van der Waals surface area contributed by atoms with Crippen LogP contribution in [0.2, 0.25) is 0 Å². The summed E-state index contributed by atoms with van der Waals surface area (Å²) in [5.41, 5.74) is -0.905. The number of fused-ring (bicyclic) bond motifs is 2. The molecule has 5 nitrogen and oxygen atoms in total. The number of carbonyl (C=O) groups is 2. The average Bonchev–Trinajstić information content (AvgIpc) is 2.92. The van der Waals surface area contributed by atoms with Gasteiger partial charge in [0.1, 0.15) is 12.2 Å². The molecule has 1 amide bonds. The second-order valence-corrected chi connectivity index (χ2v) is 8.01. The van der Waals surface area contributed by atoms with Gasteiger partial charge in [-0.2, -0.15) is 0 Å². The minimum Gasteiger partial charge on any atom is -0.463 e. The van der Waals surface area contributed by atoms with Gasteiger partial charge >= 0.3 is 12.1 Å². The fraction of sp³-hybridized carbons (Fsp3) is 0.875. The summed E-state index contributed by atoms with van der Waals surface area (Å²) in [6, 6.07) is 0.240. The van der Waals surface area contributed by atoms with Gasteiger partial charge in [-0.05, 0) is 51.9 Å². The molecule has 5 heteroatoms. The molecule has 0 aromatic carbocycles. The number of amides is 1. The molecule has 5 atom stereocenters. The van der Waals surface area contributed by atoms with Crippen molar-refractivity contribution in [2.24, 2.45) is 17.8 Å². The predicted octanol–water partition coefficient (Wildman–Crippen LogP) is 2.34. The van der Waals surface area contributed by atoms with Gasteiger partial charge in [0.05, 0.1) is 11.5 Å². The van der Waals surface area contributed by atoms with Gasteiger partial charge in [-0.15, -0.1) is 0 Å². The lowest BCUT2D eigenvalue weighted by Crippen LogP contribution is -2.65. The van der Waals surface area contributed by atoms with Crippen LogP contribution in [0.25, 0.3) is 0 Å². The number of rotatable bonds is 0. The summed E-state index contributed by atoms with van der Waals surface area (Å²) in [6.07, 6.45) is 3.99. The first kappa shape index (κ1) is 13.4. The highest BCUT2D eigenvalue weighted by molar-refractivity contribution is 5.82. The molecule has 0 aromatic heterocycles. The van der Waals surface area contributed by atoms with E-state index < -0.39 is 11.1 Å². The van der Waals surface area contributed by atoms with E-state index in [1.165, 1.54) is 6.42 Å². The summed E-state index contributed by atoms with van der Waals surface area (Å²) in [4.78, 5) is 26.6. The Bertz CT molecular complexity index is 511. The van der Waals surface area contributed by atoms with Crippen molar-refractivity contribution in [3.8, 4) is 0 Å². The smallest absolute Gasteiger partial charge is 0.411 e. The number of nitrogens with zero attached hydrogens (tertiary/aromatic N) is 1. The van der Waals surface area contributed by atoms with Crippen molar-refractivity contribution in [1.29, 1.82) is 0 Å². The molecule has 2 aliphatic heterocycles. The number of likely N-dealkylation sites (tertiary alicyclic amines) is 1. The average molecular weight is 293 g/mol. The molecule has 4 aliphatic rings. The molecule has 4 fully saturated rings. The van der Waals surface area contributed by atoms with Crippen LogP contribution in [0, 0.1) is 17.8 Å². The van der Waals surface area contributed by atoms with Crippen molar-refractivity contribution in [2.75, 3.05) is 6.61 Å². The molecular weight excluding hydrogens is 270 g/mol. The van der Waals surface area contributed by atoms with E-state index in [1.807, 2.05) is 25.7 Å². The second kappa shape index (κ2) is 3.93. The Morgan fingerprint density at radius 2 is 2.14 bits per heavy atom. The van der Waals surface area contributed by atoms with E-state index in [0.717, 1.165) is 19.3 Å². The molecule has 21 heavy (non-hydrogen) atoms. The number of carbonyl (C=O) groups excluding carboxylic acids is 2. The summed E-state index contributed by atoms with van der Waals surface area (Å²) in [6.45, 7) is 6.03. The van der Waals surface area contributed by atoms with Crippen LogP contribution < -0.4 is 0 Å². The van der Waals surface area contributed by atoms with Crippen LogP contribution in [0.15, 0.2) is 0 Å². The molecule has 2 aliphatic carbocycles. The lowest BCUT2D eigenvalue weighted by Gasteiger charge is -2.50. The number of hydrogen-bond acceptors (Lipinski definition) is 4. The maximum absolute atomic E-state index is 12.8. The molecule has 0 aromatic rings. The molecule has 4 rings (SSSR count). The number of esters is 1. The Morgan fingerprint density at radius 3 is 2.81 bits per heavy atom. The van der Waals surface area contributed by atoms with Crippen LogP contribution in [0.1, 0.15) is 46.5 Å². The molecule has 0 N–H and O–H groups in total. The summed E-state index contributed by atoms with van der Waals surface area (Å²) in [5.74, 6) is 0.706. The van der Waals surface area contributed by atoms with E-state index in [1.54, 1.807) is 0 Å². The topological polar surface area (TPSA) is 55.8 Å². The van der Waals surface area contributed by atoms with Crippen LogP contribution in [0.5, 0.6) is 0 Å². The normalized spacial score (nSPS) is 43.8. The van der Waals surface area contributed by atoms with Gasteiger partial charge in [0.25, 0.3) is 0 Å². The van der Waals surface area contributed by atoms with Crippen LogP contribution in [0.4, 0.5) is 4.79 Å². The zero-order valence-corrected chi connectivity index (χ0v) is 12.9. The minimum absolute atomic E-state index is 0.124. The maximum Gasteiger partial charge on any atom is 0.411 e. The Hall–Kier alpha value is -1.26. The first-order chi connectivity index (χ1) is 9.84. The largest absolute Gasteiger partial charge is 0.463 e. The Balaban J connectivity index is 1.69. The summed E-state index contributed by atoms with van der Waals surface area (Å²) >= 11 is 0. The quantitative estimate of drug-likeness (QED) is 0.643. The van der Waals surface area contributed by atoms with E-state index in [9.17, 15) is 9.59 Å². The lowest BCUT2D eigenvalue weighted by molar-refractivity contribution is -0.143. The van der Waals surface area contributed by atoms with E-state index in [-0.39, 0.29) is 24.0 Å². The fourth-order valence-corrected chi connectivity index (χ4v) is 5.20. The van der Waals surface area contributed by atoms with Crippen LogP contribution in [-0.4, -0.2) is 40.8 Å². The molecular formula is C16H23NO4. The maximum atomic E-state index is 12.8. The van der Waals surface area contributed by atoms with Crippen LogP contribution in [-0.2, 0) is 14.3 Å². The standard InChI is InChI=1S/C16H23NO4/c1-15(2,3)21-14(19)17-12-6-4-5-9(12)10-7-11-13(18)20-8-16(10,11)17/h9-12H,4-8H2,1-3H3/t9-,10-,11+,12-,16-/m0/s1. The van der Waals surface area contributed by atoms with E-state index in [2.05, 4.69) is 0 Å². The third-order valence-electron chi connectivity index (χ3n) is 5.88. The van der Waals surface area contributed by atoms with Crippen molar-refractivity contribution in [2.45, 2.75) is 63.6 Å². The van der Waals surface area contributed by atoms with Crippen molar-refractivity contribution < 1.29 is 19.1 Å². The van der Waals surface area contributed by atoms with E-state index in [0.29, 0.717) is 18.4 Å². The van der Waals surface area contributed by atoms with E-state index >= 15 is 0 Å². The van der Waals surface area contributed by atoms with Gasteiger partial charge in [-0.1, -0.05) is 6.42 Å². The summed E-state index contributed by atoms with van der Waals surface area (Å²) < 4.78 is 11.0. The van der Waals surface area contributed by atoms with Crippen molar-refractivity contribution in [3.05, 3.63) is 0 Å². The van der Waals surface area contributed by atoms with Gasteiger partial charge < -0.3 is 9.47 Å². The highest BCUT2D eigenvalue weighted by Crippen LogP contribution is 2.65. The Morgan fingerprint density at radius 1 is 1.38 bits per heavy atom. The predicted molar refractivity (Wildman–Crippen MR) is 74.5 cm³/mol. The number of ether oxygens (including phenoxy) is 2. The SMILES string of the molecule is CC(C)(C)OC(=O)N1[C@H]2CCC[C@H]2[C@@H]2C[C@@H]3C(=O)OC[C@@]321. The lowest BCUT2D eigenvalue weighted by atomic mass is 9.58. The molecule has 0 unspecified atom stereocenters. The summed E-state index contributed by atoms with van der Waals surface area (Å²) in [7, 11) is 0. The van der Waals surface area contributed by atoms with Gasteiger partial charge in [0, 0.05) is 6.04 Å². The molecule has 1 spiro atoms. The second-order valence-electron chi connectivity index (χ2n) is 8.01. The molecule has 116 valence electrons. The number of cyclic esters (lactones) is 1. The van der Waals surface area contributed by atoms with Crippen molar-refractivity contribution in [3.63, 3.8) is 0 Å². The van der Waals surface area contributed by atoms with Gasteiger partial charge in [-0.3, -0.25) is 9.69 Å². The summed E-state index contributed by atoms with van der Waals surface area (Å²) in [5, 5.41) is 0. The van der Waals surface area contributed by atoms with Gasteiger partial charge in [0.15, 0.2) is 0 Å². The van der Waals surface area contributed by atoms with E-state index in [4.69, 9.17) is 9.47 Å². The Kier molecular flexibility index (Phi) is 2.51. The molecule has 2 saturated carbocycles. The number of hydrogen-bond donors (Lipinski definition) is 0. The third-order valence-corrected chi connectivity index (χ3v) is 5.88. The molecule has 2 heterocycles. The van der Waals surface area contributed by atoms with Crippen LogP contribution in [0.3, 0.4) is 0 Å².